The molecule has 172 valence electrons. The quantitative estimate of drug-likeness (QED) is 0.429. The molecule has 3 heterocycles. The van der Waals surface area contributed by atoms with Crippen LogP contribution in [0.25, 0.3) is 22.0 Å². The molecule has 0 spiro atoms. The highest BCUT2D eigenvalue weighted by Gasteiger charge is 2.21. The highest BCUT2D eigenvalue weighted by Crippen LogP contribution is 2.30. The van der Waals surface area contributed by atoms with Gasteiger partial charge in [-0.3, -0.25) is 14.6 Å². The summed E-state index contributed by atoms with van der Waals surface area (Å²) >= 11 is 0. The Bertz CT molecular complexity index is 1320. The lowest BCUT2D eigenvalue weighted by atomic mass is 10.1. The van der Waals surface area contributed by atoms with Crippen LogP contribution < -0.4 is 16.0 Å². The van der Waals surface area contributed by atoms with Gasteiger partial charge in [0.1, 0.15) is 5.82 Å². The van der Waals surface area contributed by atoms with E-state index in [1.807, 2.05) is 66.6 Å². The Morgan fingerprint density at radius 3 is 2.35 bits per heavy atom. The zero-order chi connectivity index (χ0) is 24.1. The van der Waals surface area contributed by atoms with Gasteiger partial charge in [-0.2, -0.15) is 0 Å². The molecule has 34 heavy (non-hydrogen) atoms. The number of hydrogen-bond donors (Lipinski definition) is 2. The minimum atomic E-state index is 0.207. The van der Waals surface area contributed by atoms with Crippen molar-refractivity contribution < 1.29 is 9.59 Å². The number of fused-ring (bicyclic) bond motifs is 1. The average Bonchev–Trinajstić information content (AvgIpc) is 3.28. The molecule has 1 fully saturated rings. The number of carbonyl (C=O) groups is 2. The average molecular weight is 454 g/mol. The molecule has 2 aromatic carbocycles. The number of benzene rings is 2. The number of nitrogens with two attached hydrogens (primary N) is 1. The summed E-state index contributed by atoms with van der Waals surface area (Å²) in [4.78, 5) is 31.7. The maximum Gasteiger partial charge on any atom is 0.227 e. The SMILES string of the molecule is Cc1nc2ccccc2c(C)c1Nc1ccc(-c2ccc(N3CCCC3=O)cc2)cn1.NC=O. The molecule has 0 unspecified atom stereocenters. The minimum Gasteiger partial charge on any atom is -0.372 e. The van der Waals surface area contributed by atoms with Crippen molar-refractivity contribution in [1.29, 1.82) is 0 Å². The normalized spacial score (nSPS) is 12.9. The Hall–Kier alpha value is -4.26. The van der Waals surface area contributed by atoms with Crippen LogP contribution in [0.2, 0.25) is 0 Å². The zero-order valence-electron chi connectivity index (χ0n) is 19.3. The van der Waals surface area contributed by atoms with E-state index >= 15 is 0 Å². The topological polar surface area (TPSA) is 101 Å². The molecule has 0 radical (unpaired) electrons. The summed E-state index contributed by atoms with van der Waals surface area (Å²) in [6.45, 7) is 4.94. The summed E-state index contributed by atoms with van der Waals surface area (Å²) in [6, 6.07) is 20.3. The summed E-state index contributed by atoms with van der Waals surface area (Å²) < 4.78 is 0. The monoisotopic (exact) mass is 453 g/mol. The van der Waals surface area contributed by atoms with Crippen LogP contribution in [0.5, 0.6) is 0 Å². The molecule has 3 N–H and O–H groups in total. The predicted molar refractivity (Wildman–Crippen MR) is 136 cm³/mol. The summed E-state index contributed by atoms with van der Waals surface area (Å²) in [5.41, 5.74) is 11.4. The molecule has 0 atom stereocenters. The molecule has 7 heteroatoms. The number of nitrogens with one attached hydrogen (secondary N) is 1. The Morgan fingerprint density at radius 2 is 1.71 bits per heavy atom. The van der Waals surface area contributed by atoms with E-state index in [-0.39, 0.29) is 12.3 Å². The number of pyridine rings is 2. The van der Waals surface area contributed by atoms with Gasteiger partial charge in [0.25, 0.3) is 0 Å². The first-order chi connectivity index (χ1) is 16.5. The predicted octanol–water partition coefficient (Wildman–Crippen LogP) is 4.89. The molecule has 2 aromatic heterocycles. The zero-order valence-corrected chi connectivity index (χ0v) is 19.3. The van der Waals surface area contributed by atoms with Gasteiger partial charge in [0.05, 0.1) is 16.9 Å². The molecule has 2 amide bonds. The Kier molecular flexibility index (Phi) is 6.82. The van der Waals surface area contributed by atoms with E-state index in [0.717, 1.165) is 57.9 Å². The molecule has 7 nitrogen and oxygen atoms in total. The minimum absolute atomic E-state index is 0.207. The third kappa shape index (κ3) is 4.73. The number of para-hydroxylation sites is 1. The maximum atomic E-state index is 11.9. The fraction of sp³-hybridized carbons (Fsp3) is 0.185. The highest BCUT2D eigenvalue weighted by molar-refractivity contribution is 5.95. The van der Waals surface area contributed by atoms with Crippen LogP contribution in [0.3, 0.4) is 0 Å². The van der Waals surface area contributed by atoms with Crippen LogP contribution in [-0.2, 0) is 9.59 Å². The molecule has 4 aromatic rings. The molecule has 0 saturated carbocycles. The Morgan fingerprint density at radius 1 is 1.00 bits per heavy atom. The third-order valence-electron chi connectivity index (χ3n) is 5.94. The molecule has 0 bridgehead atoms. The third-order valence-corrected chi connectivity index (χ3v) is 5.94. The van der Waals surface area contributed by atoms with E-state index in [2.05, 4.69) is 35.1 Å². The van der Waals surface area contributed by atoms with E-state index in [9.17, 15) is 4.79 Å². The van der Waals surface area contributed by atoms with Crippen molar-refractivity contribution in [1.82, 2.24) is 9.97 Å². The van der Waals surface area contributed by atoms with Crippen molar-refractivity contribution in [3.8, 4) is 11.1 Å². The number of aromatic nitrogens is 2. The summed E-state index contributed by atoms with van der Waals surface area (Å²) in [7, 11) is 0. The van der Waals surface area contributed by atoms with Crippen LogP contribution in [0, 0.1) is 13.8 Å². The van der Waals surface area contributed by atoms with Crippen molar-refractivity contribution in [2.75, 3.05) is 16.8 Å². The van der Waals surface area contributed by atoms with Gasteiger partial charge in [0.2, 0.25) is 12.3 Å². The second-order valence-corrected chi connectivity index (χ2v) is 8.10. The van der Waals surface area contributed by atoms with Crippen molar-refractivity contribution >= 4 is 40.4 Å². The van der Waals surface area contributed by atoms with E-state index in [1.165, 1.54) is 5.56 Å². The van der Waals surface area contributed by atoms with Gasteiger partial charge in [-0.25, -0.2) is 4.98 Å². The first-order valence-electron chi connectivity index (χ1n) is 11.2. The molecule has 1 aliphatic heterocycles. The second kappa shape index (κ2) is 10.1. The lowest BCUT2D eigenvalue weighted by molar-refractivity contribution is -0.117. The molecule has 5 rings (SSSR count). The fourth-order valence-corrected chi connectivity index (χ4v) is 4.24. The summed E-state index contributed by atoms with van der Waals surface area (Å²) in [5, 5.41) is 4.59. The fourth-order valence-electron chi connectivity index (χ4n) is 4.24. The molecular weight excluding hydrogens is 426 g/mol. The molecule has 1 aliphatic rings. The van der Waals surface area contributed by atoms with Crippen molar-refractivity contribution in [3.05, 3.63) is 78.1 Å². The van der Waals surface area contributed by atoms with Gasteiger partial charge in [-0.05, 0) is 61.7 Å². The maximum absolute atomic E-state index is 11.9. The largest absolute Gasteiger partial charge is 0.372 e. The van der Waals surface area contributed by atoms with Crippen LogP contribution in [-0.4, -0.2) is 28.8 Å². The first kappa shape index (κ1) is 22.9. The van der Waals surface area contributed by atoms with Crippen molar-refractivity contribution in [2.24, 2.45) is 5.73 Å². The van der Waals surface area contributed by atoms with Crippen molar-refractivity contribution in [3.63, 3.8) is 0 Å². The number of amides is 2. The van der Waals surface area contributed by atoms with Gasteiger partial charge in [-0.1, -0.05) is 30.3 Å². The number of carbonyl (C=O) groups excluding carboxylic acids is 2. The molecule has 1 saturated heterocycles. The van der Waals surface area contributed by atoms with Gasteiger partial charge in [0, 0.05) is 35.8 Å². The standard InChI is InChI=1S/C26H24N4O.CH3NO/c1-17-22-6-3-4-7-23(22)28-18(2)26(17)29-24-14-11-20(16-27-24)19-9-12-21(13-10-19)30-15-5-8-25(30)31;2-1-3/h3-4,6-7,9-14,16H,5,8,15H2,1-2H3,(H,27,29);1H,(H2,2,3). The number of hydrogen-bond acceptors (Lipinski definition) is 5. The van der Waals surface area contributed by atoms with Crippen LogP contribution in [0.15, 0.2) is 66.9 Å². The number of aryl methyl sites for hydroxylation is 2. The lowest BCUT2D eigenvalue weighted by Crippen LogP contribution is -2.23. The number of rotatable bonds is 4. The smallest absolute Gasteiger partial charge is 0.227 e. The summed E-state index contributed by atoms with van der Waals surface area (Å²) in [6.07, 6.45) is 3.70. The molecular formula is C27H27N5O2. The van der Waals surface area contributed by atoms with E-state index in [0.29, 0.717) is 6.42 Å². The summed E-state index contributed by atoms with van der Waals surface area (Å²) in [5.74, 6) is 0.991. The highest BCUT2D eigenvalue weighted by atomic mass is 16.2. The van der Waals surface area contributed by atoms with E-state index < -0.39 is 0 Å². The number of anilines is 3. The van der Waals surface area contributed by atoms with Gasteiger partial charge in [-0.15, -0.1) is 0 Å². The van der Waals surface area contributed by atoms with Crippen molar-refractivity contribution in [2.45, 2.75) is 26.7 Å². The number of primary amides is 1. The van der Waals surface area contributed by atoms with Crippen LogP contribution in [0.4, 0.5) is 17.2 Å². The van der Waals surface area contributed by atoms with E-state index in [4.69, 9.17) is 9.78 Å². The Balaban J connectivity index is 0.000000868. The van der Waals surface area contributed by atoms with Crippen LogP contribution in [0.1, 0.15) is 24.1 Å². The van der Waals surface area contributed by atoms with E-state index in [1.54, 1.807) is 0 Å². The lowest BCUT2D eigenvalue weighted by Gasteiger charge is -2.16. The number of nitrogens with zero attached hydrogens (tertiary/aromatic N) is 3. The first-order valence-corrected chi connectivity index (χ1v) is 11.2. The van der Waals surface area contributed by atoms with Gasteiger partial charge in [0.15, 0.2) is 0 Å². The van der Waals surface area contributed by atoms with Gasteiger partial charge < -0.3 is 16.0 Å². The van der Waals surface area contributed by atoms with Crippen LogP contribution >= 0.6 is 0 Å². The van der Waals surface area contributed by atoms with Gasteiger partial charge >= 0.3 is 0 Å². The second-order valence-electron chi connectivity index (χ2n) is 8.10. The molecule has 0 aliphatic carbocycles. The Labute approximate surface area is 198 Å².